The lowest BCUT2D eigenvalue weighted by atomic mass is 9.73. The molecule has 206 valence electrons. The predicted molar refractivity (Wildman–Crippen MR) is 147 cm³/mol. The highest BCUT2D eigenvalue weighted by Gasteiger charge is 2.45. The molecule has 10 nitrogen and oxygen atoms in total. The van der Waals surface area contributed by atoms with Crippen LogP contribution >= 0.6 is 0 Å². The summed E-state index contributed by atoms with van der Waals surface area (Å²) in [5.41, 5.74) is 3.88. The van der Waals surface area contributed by atoms with Crippen molar-refractivity contribution in [2.75, 3.05) is 13.1 Å². The van der Waals surface area contributed by atoms with Crippen molar-refractivity contribution in [3.63, 3.8) is 0 Å². The van der Waals surface area contributed by atoms with Crippen molar-refractivity contribution in [2.45, 2.75) is 30.2 Å². The number of hydrogen-bond donors (Lipinski definition) is 0. The Bertz CT molecular complexity index is 1910. The quantitative estimate of drug-likeness (QED) is 0.316. The van der Waals surface area contributed by atoms with E-state index in [0.29, 0.717) is 19.4 Å². The molecule has 4 heterocycles. The molecule has 0 radical (unpaired) electrons. The van der Waals surface area contributed by atoms with E-state index >= 15 is 0 Å². The first-order valence-electron chi connectivity index (χ1n) is 12.8. The number of aryl methyl sites for hydroxylation is 3. The van der Waals surface area contributed by atoms with Crippen LogP contribution in [0.5, 0.6) is 0 Å². The maximum absolute atomic E-state index is 13.7. The van der Waals surface area contributed by atoms with Crippen LogP contribution in [-0.2, 0) is 36.0 Å². The standard InChI is InChI=1S/C28H28FN7O3S/c1-19-12-25-21(15-31-36(25)23-8-9-27(37)33(2)17-23)13-24(19)28(14-20-4-6-22(29)7-5-20)10-11-35(18-28)40(38,39)26-16-30-34(3)32-26/h4-9,12-13,15-17H,10-11,14,18H2,1-3H3. The third kappa shape index (κ3) is 4.42. The van der Waals surface area contributed by atoms with Gasteiger partial charge in [-0.1, -0.05) is 12.1 Å². The minimum absolute atomic E-state index is 0.0849. The van der Waals surface area contributed by atoms with Crippen molar-refractivity contribution in [1.29, 1.82) is 0 Å². The molecule has 1 saturated heterocycles. The molecule has 1 aliphatic rings. The fourth-order valence-corrected chi connectivity index (χ4v) is 7.14. The summed E-state index contributed by atoms with van der Waals surface area (Å²) >= 11 is 0. The van der Waals surface area contributed by atoms with Gasteiger partial charge in [0.15, 0.2) is 0 Å². The average Bonchev–Trinajstić information content (AvgIpc) is 3.66. The molecule has 5 aromatic rings. The molecule has 0 spiro atoms. The van der Waals surface area contributed by atoms with E-state index in [1.807, 2.05) is 6.92 Å². The van der Waals surface area contributed by atoms with Gasteiger partial charge in [0.25, 0.3) is 10.0 Å². The van der Waals surface area contributed by atoms with Crippen molar-refractivity contribution in [3.05, 3.63) is 100.0 Å². The molecular weight excluding hydrogens is 533 g/mol. The van der Waals surface area contributed by atoms with Gasteiger partial charge in [0.1, 0.15) is 5.82 Å². The molecule has 0 amide bonds. The molecular formula is C28H28FN7O3S. The number of rotatable bonds is 6. The highest BCUT2D eigenvalue weighted by molar-refractivity contribution is 7.89. The van der Waals surface area contributed by atoms with Crippen LogP contribution in [0, 0.1) is 12.7 Å². The average molecular weight is 562 g/mol. The summed E-state index contributed by atoms with van der Waals surface area (Å²) in [6.45, 7) is 2.57. The van der Waals surface area contributed by atoms with Gasteiger partial charge in [0.05, 0.1) is 23.6 Å². The zero-order chi connectivity index (χ0) is 28.2. The summed E-state index contributed by atoms with van der Waals surface area (Å²) in [7, 11) is -0.582. The van der Waals surface area contributed by atoms with E-state index in [0.717, 1.165) is 33.3 Å². The van der Waals surface area contributed by atoms with Crippen molar-refractivity contribution in [1.82, 2.24) is 33.6 Å². The van der Waals surface area contributed by atoms with Crippen LogP contribution in [0.3, 0.4) is 0 Å². The van der Waals surface area contributed by atoms with E-state index in [1.165, 1.54) is 38.1 Å². The maximum Gasteiger partial charge on any atom is 0.264 e. The van der Waals surface area contributed by atoms with Crippen molar-refractivity contribution < 1.29 is 12.8 Å². The first-order valence-corrected chi connectivity index (χ1v) is 14.3. The van der Waals surface area contributed by atoms with Crippen molar-refractivity contribution >= 4 is 20.9 Å². The lowest BCUT2D eigenvalue weighted by Gasteiger charge is -2.32. The Morgan fingerprint density at radius 3 is 2.50 bits per heavy atom. The number of aromatic nitrogens is 6. The molecule has 12 heteroatoms. The van der Waals surface area contributed by atoms with Crippen LogP contribution in [0.15, 0.2) is 76.9 Å². The molecule has 1 aliphatic heterocycles. The summed E-state index contributed by atoms with van der Waals surface area (Å²) in [6.07, 6.45) is 5.88. The molecule has 1 fully saturated rings. The van der Waals surface area contributed by atoms with Crippen LogP contribution in [0.2, 0.25) is 0 Å². The summed E-state index contributed by atoms with van der Waals surface area (Å²) in [4.78, 5) is 13.1. The number of fused-ring (bicyclic) bond motifs is 1. The summed E-state index contributed by atoms with van der Waals surface area (Å²) in [6, 6.07) is 13.7. The second-order valence-electron chi connectivity index (χ2n) is 10.5. The topological polar surface area (TPSA) is 108 Å². The van der Waals surface area contributed by atoms with Gasteiger partial charge < -0.3 is 4.57 Å². The van der Waals surface area contributed by atoms with E-state index in [2.05, 4.69) is 27.4 Å². The number of halogens is 1. The zero-order valence-electron chi connectivity index (χ0n) is 22.3. The third-order valence-electron chi connectivity index (χ3n) is 7.76. The number of hydrogen-bond acceptors (Lipinski definition) is 6. The predicted octanol–water partition coefficient (Wildman–Crippen LogP) is 2.88. The molecule has 0 N–H and O–H groups in total. The molecule has 0 bridgehead atoms. The highest BCUT2D eigenvalue weighted by Crippen LogP contribution is 2.42. The van der Waals surface area contributed by atoms with E-state index in [9.17, 15) is 17.6 Å². The molecule has 6 rings (SSSR count). The summed E-state index contributed by atoms with van der Waals surface area (Å²) < 4.78 is 45.5. The maximum atomic E-state index is 13.7. The summed E-state index contributed by atoms with van der Waals surface area (Å²) in [5, 5.41) is 13.4. The molecule has 40 heavy (non-hydrogen) atoms. The van der Waals surface area contributed by atoms with Gasteiger partial charge in [0.2, 0.25) is 10.6 Å². The molecule has 3 aromatic heterocycles. The number of benzene rings is 2. The van der Waals surface area contributed by atoms with Crippen LogP contribution in [0.4, 0.5) is 4.39 Å². The van der Waals surface area contributed by atoms with Gasteiger partial charge in [-0.25, -0.2) is 17.5 Å². The van der Waals surface area contributed by atoms with Crippen LogP contribution in [0.25, 0.3) is 16.6 Å². The van der Waals surface area contributed by atoms with Gasteiger partial charge in [-0.15, -0.1) is 5.10 Å². The van der Waals surface area contributed by atoms with Gasteiger partial charge in [-0.3, -0.25) is 4.79 Å². The van der Waals surface area contributed by atoms with E-state index in [-0.39, 0.29) is 22.9 Å². The second kappa shape index (κ2) is 9.49. The Kier molecular flexibility index (Phi) is 6.19. The van der Waals surface area contributed by atoms with Crippen LogP contribution in [-0.4, -0.2) is 55.2 Å². The largest absolute Gasteiger partial charge is 0.316 e. The first-order chi connectivity index (χ1) is 19.1. The van der Waals surface area contributed by atoms with E-state index in [1.54, 1.807) is 49.4 Å². The Morgan fingerprint density at radius 1 is 1.02 bits per heavy atom. The van der Waals surface area contributed by atoms with Gasteiger partial charge >= 0.3 is 0 Å². The van der Waals surface area contributed by atoms with Crippen LogP contribution in [0.1, 0.15) is 23.1 Å². The fraction of sp³-hybridized carbons (Fsp3) is 0.286. The molecule has 1 atom stereocenters. The zero-order valence-corrected chi connectivity index (χ0v) is 23.1. The van der Waals surface area contributed by atoms with Gasteiger partial charge in [0, 0.05) is 50.2 Å². The second-order valence-corrected chi connectivity index (χ2v) is 12.3. The molecule has 0 saturated carbocycles. The van der Waals surface area contributed by atoms with Crippen molar-refractivity contribution in [2.24, 2.45) is 14.1 Å². The SMILES string of the molecule is Cc1cc2c(cnn2-c2ccc(=O)n(C)c2)cc1C1(Cc2ccc(F)cc2)CCN(S(=O)(=O)c2cnn(C)n2)C1. The highest BCUT2D eigenvalue weighted by atomic mass is 32.2. The van der Waals surface area contributed by atoms with E-state index in [4.69, 9.17) is 0 Å². The normalized spacial score (nSPS) is 18.1. The smallest absolute Gasteiger partial charge is 0.264 e. The first kappa shape index (κ1) is 26.1. The van der Waals surface area contributed by atoms with E-state index < -0.39 is 15.4 Å². The molecule has 2 aromatic carbocycles. The lowest BCUT2D eigenvalue weighted by molar-refractivity contribution is 0.412. The Labute approximate surface area is 230 Å². The Morgan fingerprint density at radius 2 is 1.80 bits per heavy atom. The molecule has 1 unspecified atom stereocenters. The summed E-state index contributed by atoms with van der Waals surface area (Å²) in [5.74, 6) is -0.320. The third-order valence-corrected chi connectivity index (χ3v) is 9.46. The minimum Gasteiger partial charge on any atom is -0.316 e. The van der Waals surface area contributed by atoms with Crippen molar-refractivity contribution in [3.8, 4) is 5.69 Å². The lowest BCUT2D eigenvalue weighted by Crippen LogP contribution is -2.36. The number of pyridine rings is 1. The van der Waals surface area contributed by atoms with Gasteiger partial charge in [-0.2, -0.15) is 19.3 Å². The molecule has 0 aliphatic carbocycles. The Hall–Kier alpha value is -4.16. The fourth-order valence-electron chi connectivity index (χ4n) is 5.73. The van der Waals surface area contributed by atoms with Crippen LogP contribution < -0.4 is 5.56 Å². The number of sulfonamides is 1. The Balaban J connectivity index is 1.45. The minimum atomic E-state index is -3.86. The van der Waals surface area contributed by atoms with Gasteiger partial charge in [-0.05, 0) is 66.8 Å². The monoisotopic (exact) mass is 561 g/mol. The number of nitrogens with zero attached hydrogens (tertiary/aromatic N) is 7.